The molecule has 0 aliphatic carbocycles. The molecule has 3 aliphatic rings. The molecule has 0 amide bonds. The van der Waals surface area contributed by atoms with Crippen LogP contribution >= 0.6 is 0 Å². The van der Waals surface area contributed by atoms with E-state index in [9.17, 15) is 0 Å². The minimum atomic E-state index is -2.90. The van der Waals surface area contributed by atoms with Crippen LogP contribution < -0.4 is 0 Å². The van der Waals surface area contributed by atoms with Gasteiger partial charge in [0, 0.05) is 12.1 Å². The fourth-order valence-corrected chi connectivity index (χ4v) is 111. The maximum absolute atomic E-state index is 6.92. The van der Waals surface area contributed by atoms with Crippen LogP contribution in [0.4, 0.5) is 0 Å². The largest absolute Gasteiger partial charge is 0.469 e. The van der Waals surface area contributed by atoms with Gasteiger partial charge in [0.05, 0.1) is 0 Å². The lowest BCUT2D eigenvalue weighted by molar-refractivity contribution is 0.232. The van der Waals surface area contributed by atoms with Crippen molar-refractivity contribution in [2.24, 2.45) is 0 Å². The molecule has 542 valence electrons. The summed E-state index contributed by atoms with van der Waals surface area (Å²) < 4.78 is 123. The number of hydrogen-bond acceptors (Lipinski definition) is 19. The highest BCUT2D eigenvalue weighted by molar-refractivity contribution is 6.96. The molecule has 0 bridgehead atoms. The van der Waals surface area contributed by atoms with Crippen molar-refractivity contribution in [2.45, 2.75) is 326 Å². The Morgan fingerprint density at radius 3 is 0.467 bits per heavy atom. The maximum atomic E-state index is 6.92. The zero-order chi connectivity index (χ0) is 72.2. The van der Waals surface area contributed by atoms with E-state index in [-0.39, 0.29) is 0 Å². The van der Waals surface area contributed by atoms with E-state index < -0.39 is 179 Å². The van der Waals surface area contributed by atoms with Crippen molar-refractivity contribution in [1.82, 2.24) is 0 Å². The Labute approximate surface area is 577 Å². The highest BCUT2D eigenvalue weighted by Crippen LogP contribution is 2.38. The Balaban J connectivity index is 0.00000124. The number of unbranched alkanes of at least 4 members (excludes halogenated alkanes) is 1. The first-order valence-corrected chi connectivity index (χ1v) is 93.7. The highest BCUT2D eigenvalue weighted by Gasteiger charge is 2.57. The van der Waals surface area contributed by atoms with Gasteiger partial charge in [-0.3, -0.25) is 0 Å². The van der Waals surface area contributed by atoms with Crippen molar-refractivity contribution in [3.63, 3.8) is 0 Å². The van der Waals surface area contributed by atoms with E-state index in [1.54, 1.807) is 0 Å². The Hall–Kier alpha value is 3.79. The van der Waals surface area contributed by atoms with Crippen LogP contribution in [-0.2, 0) is 78.2 Å². The third kappa shape index (κ3) is 44.2. The molecule has 3 heterocycles. The summed E-state index contributed by atoms with van der Waals surface area (Å²) in [7, 11) is -45.6. The molecule has 0 radical (unpaired) electrons. The van der Waals surface area contributed by atoms with Crippen molar-refractivity contribution >= 4 is 179 Å². The first-order valence-electron chi connectivity index (χ1n) is 33.0. The fourth-order valence-electron chi connectivity index (χ4n) is 12.2. The Morgan fingerprint density at radius 1 is 0.211 bits per heavy atom. The molecule has 19 nitrogen and oxygen atoms in total. The molecule has 40 heteroatoms. The summed E-state index contributed by atoms with van der Waals surface area (Å²) in [6, 6.07) is 2.62. The monoisotopic (exact) mass is 1640 g/mol. The quantitative estimate of drug-likeness (QED) is 0.112. The average Bonchev–Trinajstić information content (AvgIpc) is 3.05. The topological polar surface area (TPSA) is 175 Å². The molecule has 3 fully saturated rings. The van der Waals surface area contributed by atoms with Crippen LogP contribution in [0.15, 0.2) is 0 Å². The summed E-state index contributed by atoms with van der Waals surface area (Å²) in [6.45, 7) is 94.8. The third-order valence-corrected chi connectivity index (χ3v) is 87.1. The van der Waals surface area contributed by atoms with E-state index in [0.29, 0.717) is 0 Å². The van der Waals surface area contributed by atoms with E-state index >= 15 is 0 Å². The lowest BCUT2D eigenvalue weighted by Crippen LogP contribution is -2.64. The fraction of sp³-hybridized carbons (Fsp3) is 1.00. The molecule has 0 aromatic rings. The van der Waals surface area contributed by atoms with Crippen LogP contribution in [0.3, 0.4) is 0 Å². The molecule has 3 saturated heterocycles. The predicted molar refractivity (Wildman–Crippen MR) is 428 cm³/mol. The van der Waals surface area contributed by atoms with Gasteiger partial charge in [-0.05, 0) is 294 Å². The Bertz CT molecular complexity index is 1870. The smallest absolute Gasteiger partial charge is 0.417 e. The summed E-state index contributed by atoms with van der Waals surface area (Å²) in [4.78, 5) is 0. The Kier molecular flexibility index (Phi) is 34.0. The maximum Gasteiger partial charge on any atom is 0.469 e. The molecule has 0 aromatic heterocycles. The van der Waals surface area contributed by atoms with Gasteiger partial charge in [0.15, 0.2) is 49.9 Å². The van der Waals surface area contributed by atoms with Gasteiger partial charge in [-0.15, -0.1) is 0 Å². The van der Waals surface area contributed by atoms with E-state index in [2.05, 4.69) is 288 Å². The van der Waals surface area contributed by atoms with Gasteiger partial charge in [-0.25, -0.2) is 0 Å². The van der Waals surface area contributed by atoms with Gasteiger partial charge in [0.2, 0.25) is 0 Å². The normalized spacial score (nSPS) is 24.7. The minimum Gasteiger partial charge on any atom is -0.417 e. The molecule has 3 rings (SSSR count). The standard InChI is InChI=1S/C21H60O6Si8.C11H30O4Si4.C10H30O5Si5.C8H24O4Si4/c1-28(2,3)22-34(23-29(4,5)6,24-30(7,8)9)20-19-21-35(25-31(10,11)12,26-32(13,14)15)27-33(16,17)18;1-9-10-11-19(8)14-17(4,5)12-16(2,3)13-18(6,7)15-19;1-16(2)11-17(3,4)13-19(7,8)15-20(9,10)14-18(5,6)12-16;1-13(2)9-14(3,4)11-16(7,8)12-15(5,6)10-13/h19-21H2,1-18H3;9-11H2,1-8H3;1-10H3;1-8H3. The van der Waals surface area contributed by atoms with Crippen molar-refractivity contribution in [3.05, 3.63) is 0 Å². The molecule has 0 saturated carbocycles. The van der Waals surface area contributed by atoms with Crippen molar-refractivity contribution in [1.29, 1.82) is 0 Å². The second-order valence-corrected chi connectivity index (χ2v) is 117. The highest BCUT2D eigenvalue weighted by atomic mass is 28.6. The molecule has 90 heavy (non-hydrogen) atoms. The molecular weight excluding hydrogens is 1490 g/mol. The summed E-state index contributed by atoms with van der Waals surface area (Å²) >= 11 is 0. The Morgan fingerprint density at radius 2 is 0.344 bits per heavy atom. The van der Waals surface area contributed by atoms with Gasteiger partial charge < -0.3 is 78.2 Å². The second-order valence-electron chi connectivity index (χ2n) is 35.9. The first-order chi connectivity index (χ1) is 38.7. The van der Waals surface area contributed by atoms with E-state index in [1.807, 2.05) is 0 Å². The summed E-state index contributed by atoms with van der Waals surface area (Å²) in [5.74, 6) is 0. The van der Waals surface area contributed by atoms with Gasteiger partial charge in [-0.2, -0.15) is 0 Å². The van der Waals surface area contributed by atoms with Crippen LogP contribution in [0.1, 0.15) is 26.2 Å². The summed E-state index contributed by atoms with van der Waals surface area (Å²) in [6.07, 6.45) is 3.19. The third-order valence-electron chi connectivity index (χ3n) is 11.1. The molecule has 0 atom stereocenters. The van der Waals surface area contributed by atoms with Gasteiger partial charge in [0.25, 0.3) is 0 Å². The van der Waals surface area contributed by atoms with Crippen LogP contribution in [0, 0.1) is 0 Å². The first kappa shape index (κ1) is 93.8. The van der Waals surface area contributed by atoms with Crippen LogP contribution in [0.5, 0.6) is 0 Å². The lowest BCUT2D eigenvalue weighted by atomic mass is 10.4. The van der Waals surface area contributed by atoms with Gasteiger partial charge in [-0.1, -0.05) is 19.8 Å². The summed E-state index contributed by atoms with van der Waals surface area (Å²) in [5, 5.41) is 0. The zero-order valence-electron chi connectivity index (χ0n) is 66.5. The van der Waals surface area contributed by atoms with Gasteiger partial charge >= 0.3 is 129 Å². The second kappa shape index (κ2) is 32.6. The molecule has 0 N–H and O–H groups in total. The SMILES string of the molecule is CCCC[Si]1(C)O[Si](C)(C)O[Si](C)(C)O[Si](C)(C)O1.C[Si](C)(C)O[Si](CCC[Si](O[Si](C)(C)C)(O[Si](C)(C)C)O[Si](C)(C)C)(O[Si](C)(C)C)O[Si](C)(C)C.C[Si]1(C)O[Si](C)(C)O[Si](C)(C)O[Si](C)(C)O1.C[Si]1(C)O[Si](C)(C)O[Si](C)(C)O[Si](C)(C)O[Si](C)(C)O1. The minimum absolute atomic E-state index is 0.791. The summed E-state index contributed by atoms with van der Waals surface area (Å²) in [5.41, 5.74) is 0. The van der Waals surface area contributed by atoms with Crippen LogP contribution in [0.25, 0.3) is 0 Å². The lowest BCUT2D eigenvalue weighted by Gasteiger charge is -2.47. The van der Waals surface area contributed by atoms with Crippen molar-refractivity contribution in [2.75, 3.05) is 0 Å². The van der Waals surface area contributed by atoms with E-state index in [4.69, 9.17) is 78.2 Å². The zero-order valence-corrected chi connectivity index (χ0v) is 87.5. The molecule has 0 spiro atoms. The van der Waals surface area contributed by atoms with E-state index in [1.165, 1.54) is 6.42 Å². The number of rotatable bonds is 19. The number of hydrogen-bond donors (Lipinski definition) is 0. The van der Waals surface area contributed by atoms with Crippen LogP contribution in [0.2, 0.25) is 300 Å². The molecular formula is C50H144O19Si21. The average molecular weight is 1640 g/mol. The van der Waals surface area contributed by atoms with Crippen molar-refractivity contribution < 1.29 is 78.2 Å². The molecule has 3 aliphatic heterocycles. The van der Waals surface area contributed by atoms with E-state index in [0.717, 1.165) is 31.0 Å². The molecule has 0 unspecified atom stereocenters. The van der Waals surface area contributed by atoms with Gasteiger partial charge in [0.1, 0.15) is 0 Å². The predicted octanol–water partition coefficient (Wildman–Crippen LogP) is 18.9. The van der Waals surface area contributed by atoms with Crippen LogP contribution in [-0.4, -0.2) is 179 Å². The van der Waals surface area contributed by atoms with Crippen molar-refractivity contribution in [3.8, 4) is 0 Å². The molecule has 0 aromatic carbocycles.